The molecule has 0 aliphatic carbocycles. The minimum atomic E-state index is -0.0224. The standard InChI is InChI=1S/C26H44O2/c1-3-5-7-9-11-14-18-24(19-15-12-10-8-6-4-2)22-26(27)28-23-25-20-16-13-17-21-25/h13,16-17,20-21,24H,3-12,14-15,18-19,22-23H2,1-2H3. The van der Waals surface area contributed by atoms with Crippen molar-refractivity contribution >= 4 is 5.97 Å². The van der Waals surface area contributed by atoms with Crippen LogP contribution in [0, 0.1) is 5.92 Å². The zero-order valence-electron chi connectivity index (χ0n) is 18.6. The molecule has 0 spiro atoms. The van der Waals surface area contributed by atoms with Crippen LogP contribution in [0.15, 0.2) is 30.3 Å². The second kappa shape index (κ2) is 17.8. The highest BCUT2D eigenvalue weighted by molar-refractivity contribution is 5.69. The SMILES string of the molecule is CCCCCCCCC(CCCCCCCC)CC(=O)OCc1ccccc1. The summed E-state index contributed by atoms with van der Waals surface area (Å²) >= 11 is 0. The molecule has 0 saturated carbocycles. The van der Waals surface area contributed by atoms with Gasteiger partial charge in [0.1, 0.15) is 6.61 Å². The van der Waals surface area contributed by atoms with E-state index in [-0.39, 0.29) is 5.97 Å². The number of rotatable bonds is 18. The van der Waals surface area contributed by atoms with Crippen molar-refractivity contribution in [1.29, 1.82) is 0 Å². The van der Waals surface area contributed by atoms with E-state index in [1.807, 2.05) is 30.3 Å². The van der Waals surface area contributed by atoms with E-state index in [1.54, 1.807) is 0 Å². The topological polar surface area (TPSA) is 26.3 Å². The van der Waals surface area contributed by atoms with E-state index in [9.17, 15) is 4.79 Å². The average Bonchev–Trinajstić information content (AvgIpc) is 2.72. The third kappa shape index (κ3) is 13.8. The second-order valence-electron chi connectivity index (χ2n) is 8.33. The fourth-order valence-corrected chi connectivity index (χ4v) is 3.81. The van der Waals surface area contributed by atoms with Crippen LogP contribution in [0.3, 0.4) is 0 Å². The lowest BCUT2D eigenvalue weighted by molar-refractivity contribution is -0.146. The molecule has 1 aromatic rings. The summed E-state index contributed by atoms with van der Waals surface area (Å²) < 4.78 is 5.54. The summed E-state index contributed by atoms with van der Waals surface area (Å²) in [5, 5.41) is 0. The van der Waals surface area contributed by atoms with Gasteiger partial charge in [-0.05, 0) is 24.3 Å². The van der Waals surface area contributed by atoms with Crippen LogP contribution in [0.2, 0.25) is 0 Å². The molecule has 0 aliphatic heterocycles. The van der Waals surface area contributed by atoms with Crippen molar-refractivity contribution in [2.75, 3.05) is 0 Å². The highest BCUT2D eigenvalue weighted by Gasteiger charge is 2.15. The fourth-order valence-electron chi connectivity index (χ4n) is 3.81. The molecule has 160 valence electrons. The predicted octanol–water partition coefficient (Wildman–Crippen LogP) is 8.24. The first-order valence-electron chi connectivity index (χ1n) is 12.0. The van der Waals surface area contributed by atoms with Crippen LogP contribution in [0.25, 0.3) is 0 Å². The Kier molecular flexibility index (Phi) is 15.7. The van der Waals surface area contributed by atoms with Gasteiger partial charge in [0.2, 0.25) is 0 Å². The molecule has 0 fully saturated rings. The maximum absolute atomic E-state index is 12.4. The summed E-state index contributed by atoms with van der Waals surface area (Å²) in [6.07, 6.45) is 18.8. The average molecular weight is 389 g/mol. The third-order valence-corrected chi connectivity index (χ3v) is 5.63. The van der Waals surface area contributed by atoms with Gasteiger partial charge in [0.15, 0.2) is 0 Å². The van der Waals surface area contributed by atoms with E-state index in [0.29, 0.717) is 18.9 Å². The first-order chi connectivity index (χ1) is 13.8. The Hall–Kier alpha value is -1.31. The van der Waals surface area contributed by atoms with Crippen molar-refractivity contribution in [2.45, 2.75) is 117 Å². The molecule has 0 aromatic heterocycles. The van der Waals surface area contributed by atoms with Gasteiger partial charge in [-0.25, -0.2) is 0 Å². The van der Waals surface area contributed by atoms with Crippen LogP contribution in [0.4, 0.5) is 0 Å². The van der Waals surface area contributed by atoms with E-state index in [4.69, 9.17) is 4.74 Å². The molecular weight excluding hydrogens is 344 g/mol. The molecule has 1 rings (SSSR count). The monoisotopic (exact) mass is 388 g/mol. The molecule has 0 radical (unpaired) electrons. The van der Waals surface area contributed by atoms with Gasteiger partial charge in [0, 0.05) is 6.42 Å². The first kappa shape index (κ1) is 24.7. The number of esters is 1. The van der Waals surface area contributed by atoms with E-state index in [0.717, 1.165) is 5.56 Å². The largest absolute Gasteiger partial charge is 0.461 e. The summed E-state index contributed by atoms with van der Waals surface area (Å²) in [5.41, 5.74) is 1.07. The predicted molar refractivity (Wildman–Crippen MR) is 120 cm³/mol. The second-order valence-corrected chi connectivity index (χ2v) is 8.33. The zero-order chi connectivity index (χ0) is 20.3. The number of carbonyl (C=O) groups excluding carboxylic acids is 1. The summed E-state index contributed by atoms with van der Waals surface area (Å²) in [5.74, 6) is 0.478. The van der Waals surface area contributed by atoms with E-state index < -0.39 is 0 Å². The lowest BCUT2D eigenvalue weighted by atomic mass is 9.91. The van der Waals surface area contributed by atoms with E-state index in [1.165, 1.54) is 89.9 Å². The van der Waals surface area contributed by atoms with Crippen LogP contribution in [0.5, 0.6) is 0 Å². The van der Waals surface area contributed by atoms with Crippen molar-refractivity contribution in [3.8, 4) is 0 Å². The van der Waals surface area contributed by atoms with Crippen molar-refractivity contribution in [2.24, 2.45) is 5.92 Å². The van der Waals surface area contributed by atoms with Gasteiger partial charge >= 0.3 is 5.97 Å². The molecule has 0 aliphatic rings. The maximum atomic E-state index is 12.4. The molecule has 1 aromatic carbocycles. The van der Waals surface area contributed by atoms with Crippen LogP contribution in [-0.2, 0) is 16.1 Å². The van der Waals surface area contributed by atoms with Crippen LogP contribution < -0.4 is 0 Å². The Balaban J connectivity index is 2.29. The quantitative estimate of drug-likeness (QED) is 0.187. The van der Waals surface area contributed by atoms with Crippen molar-refractivity contribution < 1.29 is 9.53 Å². The van der Waals surface area contributed by atoms with Crippen LogP contribution in [0.1, 0.15) is 116 Å². The highest BCUT2D eigenvalue weighted by Crippen LogP contribution is 2.23. The normalized spacial score (nSPS) is 11.1. The molecule has 28 heavy (non-hydrogen) atoms. The minimum Gasteiger partial charge on any atom is -0.461 e. The molecule has 0 amide bonds. The fraction of sp³-hybridized carbons (Fsp3) is 0.731. The van der Waals surface area contributed by atoms with Gasteiger partial charge in [-0.1, -0.05) is 121 Å². The van der Waals surface area contributed by atoms with Crippen LogP contribution >= 0.6 is 0 Å². The van der Waals surface area contributed by atoms with Gasteiger partial charge in [-0.2, -0.15) is 0 Å². The number of hydrogen-bond donors (Lipinski definition) is 0. The van der Waals surface area contributed by atoms with Gasteiger partial charge in [0.25, 0.3) is 0 Å². The molecule has 2 heteroatoms. The number of unbranched alkanes of at least 4 members (excludes halogenated alkanes) is 10. The number of carbonyl (C=O) groups is 1. The molecule has 0 heterocycles. The Morgan fingerprint density at radius 1 is 0.750 bits per heavy atom. The maximum Gasteiger partial charge on any atom is 0.306 e. The highest BCUT2D eigenvalue weighted by atomic mass is 16.5. The van der Waals surface area contributed by atoms with Crippen molar-refractivity contribution in [3.63, 3.8) is 0 Å². The Labute approximate surface area is 174 Å². The van der Waals surface area contributed by atoms with Crippen molar-refractivity contribution in [3.05, 3.63) is 35.9 Å². The lowest BCUT2D eigenvalue weighted by Crippen LogP contribution is -2.12. The smallest absolute Gasteiger partial charge is 0.306 e. The summed E-state index contributed by atoms with van der Waals surface area (Å²) in [7, 11) is 0. The van der Waals surface area contributed by atoms with Gasteiger partial charge in [-0.15, -0.1) is 0 Å². The van der Waals surface area contributed by atoms with Gasteiger partial charge in [-0.3, -0.25) is 4.79 Å². The third-order valence-electron chi connectivity index (χ3n) is 5.63. The Morgan fingerprint density at radius 2 is 1.25 bits per heavy atom. The van der Waals surface area contributed by atoms with Crippen LogP contribution in [-0.4, -0.2) is 5.97 Å². The Morgan fingerprint density at radius 3 is 1.79 bits per heavy atom. The molecule has 0 atom stereocenters. The molecule has 0 bridgehead atoms. The van der Waals surface area contributed by atoms with Crippen molar-refractivity contribution in [1.82, 2.24) is 0 Å². The number of benzene rings is 1. The van der Waals surface area contributed by atoms with Gasteiger partial charge < -0.3 is 4.74 Å². The molecule has 0 unspecified atom stereocenters. The molecule has 2 nitrogen and oxygen atoms in total. The van der Waals surface area contributed by atoms with Gasteiger partial charge in [0.05, 0.1) is 0 Å². The zero-order valence-corrected chi connectivity index (χ0v) is 18.6. The summed E-state index contributed by atoms with van der Waals surface area (Å²) in [4.78, 5) is 12.4. The molecule has 0 saturated heterocycles. The number of ether oxygens (including phenoxy) is 1. The lowest BCUT2D eigenvalue weighted by Gasteiger charge is -2.16. The van der Waals surface area contributed by atoms with E-state index >= 15 is 0 Å². The summed E-state index contributed by atoms with van der Waals surface area (Å²) in [6, 6.07) is 9.99. The molecule has 0 N–H and O–H groups in total. The van der Waals surface area contributed by atoms with E-state index in [2.05, 4.69) is 13.8 Å². The Bertz CT molecular complexity index is 453. The number of hydrogen-bond acceptors (Lipinski definition) is 2. The summed E-state index contributed by atoms with van der Waals surface area (Å²) in [6.45, 7) is 4.93. The molecular formula is C26H44O2. The first-order valence-corrected chi connectivity index (χ1v) is 12.0. The minimum absolute atomic E-state index is 0.0224.